The predicted molar refractivity (Wildman–Crippen MR) is 59.8 cm³/mol. The number of hydrogen-bond acceptors (Lipinski definition) is 1. The highest BCUT2D eigenvalue weighted by molar-refractivity contribution is 6.00. The van der Waals surface area contributed by atoms with Gasteiger partial charge in [-0.1, -0.05) is 43.2 Å². The molecule has 0 saturated heterocycles. The summed E-state index contributed by atoms with van der Waals surface area (Å²) in [5.74, 6) is 0.736. The summed E-state index contributed by atoms with van der Waals surface area (Å²) in [6.45, 7) is 0. The molecule has 1 spiro atoms. The molecule has 78 valence electrons. The zero-order valence-electron chi connectivity index (χ0n) is 8.91. The Kier molecular flexibility index (Phi) is 1.95. The third kappa shape index (κ3) is 1.41. The number of benzene rings is 1. The van der Waals surface area contributed by atoms with Gasteiger partial charge in [0.15, 0.2) is 5.78 Å². The Balaban J connectivity index is 1.78. The van der Waals surface area contributed by atoms with Gasteiger partial charge in [-0.05, 0) is 24.7 Å². The van der Waals surface area contributed by atoms with E-state index in [9.17, 15) is 4.79 Å². The van der Waals surface area contributed by atoms with Gasteiger partial charge in [-0.15, -0.1) is 0 Å². The van der Waals surface area contributed by atoms with Gasteiger partial charge in [0.2, 0.25) is 0 Å². The summed E-state index contributed by atoms with van der Waals surface area (Å²) in [6, 6.07) is 9.77. The summed E-state index contributed by atoms with van der Waals surface area (Å²) in [7, 11) is 0. The first-order valence-electron chi connectivity index (χ1n) is 5.91. The maximum atomic E-state index is 12.2. The van der Waals surface area contributed by atoms with E-state index in [4.69, 9.17) is 0 Å². The van der Waals surface area contributed by atoms with Crippen LogP contribution >= 0.6 is 0 Å². The lowest BCUT2D eigenvalue weighted by atomic mass is 9.97. The van der Waals surface area contributed by atoms with Crippen LogP contribution in [0.5, 0.6) is 0 Å². The maximum Gasteiger partial charge on any atom is 0.166 e. The van der Waals surface area contributed by atoms with Gasteiger partial charge < -0.3 is 0 Å². The van der Waals surface area contributed by atoms with E-state index in [1.165, 1.54) is 25.7 Å². The summed E-state index contributed by atoms with van der Waals surface area (Å²) in [4.78, 5) is 12.2. The molecule has 0 aliphatic heterocycles. The van der Waals surface area contributed by atoms with Gasteiger partial charge in [0, 0.05) is 11.5 Å². The number of rotatable bonds is 2. The van der Waals surface area contributed by atoms with Crippen LogP contribution in [0.15, 0.2) is 30.3 Å². The summed E-state index contributed by atoms with van der Waals surface area (Å²) in [5.41, 5.74) is 1.35. The molecule has 15 heavy (non-hydrogen) atoms. The SMILES string of the molecule is O=C(c1ccccc1)C1CC12CCCC2. The number of Topliss-reactive ketones (excluding diaryl/α,β-unsaturated/α-hetero) is 1. The van der Waals surface area contributed by atoms with E-state index in [1.54, 1.807) is 0 Å². The summed E-state index contributed by atoms with van der Waals surface area (Å²) >= 11 is 0. The molecule has 3 rings (SSSR count). The van der Waals surface area contributed by atoms with E-state index in [0.29, 0.717) is 17.1 Å². The van der Waals surface area contributed by atoms with Crippen molar-refractivity contribution in [1.29, 1.82) is 0 Å². The van der Waals surface area contributed by atoms with Crippen molar-refractivity contribution in [3.05, 3.63) is 35.9 Å². The van der Waals surface area contributed by atoms with Crippen molar-refractivity contribution in [2.24, 2.45) is 11.3 Å². The topological polar surface area (TPSA) is 17.1 Å². The Bertz CT molecular complexity index is 374. The van der Waals surface area contributed by atoms with E-state index < -0.39 is 0 Å². The molecule has 1 aromatic carbocycles. The second-order valence-corrected chi connectivity index (χ2v) is 5.06. The van der Waals surface area contributed by atoms with Crippen molar-refractivity contribution in [2.45, 2.75) is 32.1 Å². The van der Waals surface area contributed by atoms with Crippen molar-refractivity contribution in [3.63, 3.8) is 0 Å². The molecule has 1 unspecified atom stereocenters. The van der Waals surface area contributed by atoms with Gasteiger partial charge in [0.25, 0.3) is 0 Å². The number of carbonyl (C=O) groups is 1. The van der Waals surface area contributed by atoms with Crippen molar-refractivity contribution >= 4 is 5.78 Å². The van der Waals surface area contributed by atoms with Crippen LogP contribution < -0.4 is 0 Å². The average molecular weight is 200 g/mol. The molecule has 2 fully saturated rings. The van der Waals surface area contributed by atoms with Crippen LogP contribution in [0.2, 0.25) is 0 Å². The molecule has 2 aliphatic carbocycles. The van der Waals surface area contributed by atoms with Crippen LogP contribution in [0, 0.1) is 11.3 Å². The van der Waals surface area contributed by atoms with Crippen LogP contribution in [0.1, 0.15) is 42.5 Å². The molecule has 1 nitrogen and oxygen atoms in total. The van der Waals surface area contributed by atoms with E-state index in [2.05, 4.69) is 0 Å². The van der Waals surface area contributed by atoms with Crippen molar-refractivity contribution in [2.75, 3.05) is 0 Å². The first-order chi connectivity index (χ1) is 7.32. The zero-order chi connectivity index (χ0) is 10.3. The van der Waals surface area contributed by atoms with Crippen LogP contribution in [0.25, 0.3) is 0 Å². The van der Waals surface area contributed by atoms with E-state index in [-0.39, 0.29) is 0 Å². The predicted octanol–water partition coefficient (Wildman–Crippen LogP) is 3.45. The fourth-order valence-electron chi connectivity index (χ4n) is 3.15. The standard InChI is InChI=1S/C14H16O/c15-13(11-6-2-1-3-7-11)12-10-14(12)8-4-5-9-14/h1-3,6-7,12H,4-5,8-10H2. The quantitative estimate of drug-likeness (QED) is 0.668. The largest absolute Gasteiger partial charge is 0.294 e. The lowest BCUT2D eigenvalue weighted by Gasteiger charge is -2.06. The van der Waals surface area contributed by atoms with Gasteiger partial charge >= 0.3 is 0 Å². The molecule has 2 aliphatic rings. The highest BCUT2D eigenvalue weighted by Gasteiger charge is 2.58. The smallest absolute Gasteiger partial charge is 0.166 e. The minimum atomic E-state index is 0.349. The number of carbonyl (C=O) groups excluding carboxylic acids is 1. The van der Waals surface area contributed by atoms with Gasteiger partial charge in [0.1, 0.15) is 0 Å². The van der Waals surface area contributed by atoms with E-state index in [0.717, 1.165) is 12.0 Å². The fourth-order valence-corrected chi connectivity index (χ4v) is 3.15. The van der Waals surface area contributed by atoms with Gasteiger partial charge in [-0.3, -0.25) is 4.79 Å². The summed E-state index contributed by atoms with van der Waals surface area (Å²) in [5, 5.41) is 0. The molecule has 0 N–H and O–H groups in total. The maximum absolute atomic E-state index is 12.2. The molecule has 0 amide bonds. The second-order valence-electron chi connectivity index (χ2n) is 5.06. The highest BCUT2D eigenvalue weighted by Crippen LogP contribution is 2.63. The van der Waals surface area contributed by atoms with Crippen LogP contribution in [-0.2, 0) is 0 Å². The first kappa shape index (κ1) is 9.14. The molecule has 0 bridgehead atoms. The lowest BCUT2D eigenvalue weighted by Crippen LogP contribution is -2.08. The minimum Gasteiger partial charge on any atom is -0.294 e. The third-order valence-electron chi connectivity index (χ3n) is 4.16. The molecular formula is C14H16O. The van der Waals surface area contributed by atoms with Crippen molar-refractivity contribution in [3.8, 4) is 0 Å². The third-order valence-corrected chi connectivity index (χ3v) is 4.16. The fraction of sp³-hybridized carbons (Fsp3) is 0.500. The van der Waals surface area contributed by atoms with Gasteiger partial charge in [-0.2, -0.15) is 0 Å². The lowest BCUT2D eigenvalue weighted by molar-refractivity contribution is 0.0949. The Morgan fingerprint density at radius 3 is 2.47 bits per heavy atom. The Morgan fingerprint density at radius 2 is 1.80 bits per heavy atom. The van der Waals surface area contributed by atoms with Gasteiger partial charge in [-0.25, -0.2) is 0 Å². The number of ketones is 1. The summed E-state index contributed by atoms with van der Waals surface area (Å²) < 4.78 is 0. The molecule has 2 saturated carbocycles. The highest BCUT2D eigenvalue weighted by atomic mass is 16.1. The number of hydrogen-bond donors (Lipinski definition) is 0. The average Bonchev–Trinajstić information content (AvgIpc) is 2.77. The first-order valence-corrected chi connectivity index (χ1v) is 5.91. The molecule has 0 aromatic heterocycles. The van der Waals surface area contributed by atoms with Crippen molar-refractivity contribution < 1.29 is 4.79 Å². The van der Waals surface area contributed by atoms with Crippen LogP contribution in [0.4, 0.5) is 0 Å². The van der Waals surface area contributed by atoms with Crippen LogP contribution in [-0.4, -0.2) is 5.78 Å². The molecule has 0 heterocycles. The van der Waals surface area contributed by atoms with Crippen LogP contribution in [0.3, 0.4) is 0 Å². The molecular weight excluding hydrogens is 184 g/mol. The van der Waals surface area contributed by atoms with Gasteiger partial charge in [0.05, 0.1) is 0 Å². The Morgan fingerprint density at radius 1 is 1.13 bits per heavy atom. The Labute approximate surface area is 90.5 Å². The molecule has 0 radical (unpaired) electrons. The normalized spacial score (nSPS) is 26.8. The minimum absolute atomic E-state index is 0.349. The molecule has 1 aromatic rings. The molecule has 1 atom stereocenters. The summed E-state index contributed by atoms with van der Waals surface area (Å²) in [6.07, 6.45) is 6.39. The monoisotopic (exact) mass is 200 g/mol. The molecule has 1 heteroatoms. The Hall–Kier alpha value is -1.11. The van der Waals surface area contributed by atoms with Crippen molar-refractivity contribution in [1.82, 2.24) is 0 Å². The second kappa shape index (κ2) is 3.19. The zero-order valence-corrected chi connectivity index (χ0v) is 8.91. The van der Waals surface area contributed by atoms with E-state index in [1.807, 2.05) is 30.3 Å². The van der Waals surface area contributed by atoms with E-state index >= 15 is 0 Å².